The molecule has 1 N–H and O–H groups in total. The molecular formula is C15H17F3O2. The number of halogens is 3. The Morgan fingerprint density at radius 1 is 1.15 bits per heavy atom. The van der Waals surface area contributed by atoms with Crippen molar-refractivity contribution < 1.29 is 23.1 Å². The van der Waals surface area contributed by atoms with Gasteiger partial charge in [0.2, 0.25) is 0 Å². The summed E-state index contributed by atoms with van der Waals surface area (Å²) in [6.45, 7) is 1.06. The average Bonchev–Trinajstić information content (AvgIpc) is 2.28. The summed E-state index contributed by atoms with van der Waals surface area (Å²) in [6, 6.07) is 1.34. The number of ketones is 1. The fourth-order valence-electron chi connectivity index (χ4n) is 2.91. The van der Waals surface area contributed by atoms with E-state index in [0.29, 0.717) is 24.8 Å². The first kappa shape index (κ1) is 14.9. The molecule has 0 saturated carbocycles. The van der Waals surface area contributed by atoms with Crippen LogP contribution in [0, 0.1) is 0 Å². The van der Waals surface area contributed by atoms with E-state index >= 15 is 0 Å². The lowest BCUT2D eigenvalue weighted by atomic mass is 9.86. The first-order valence-corrected chi connectivity index (χ1v) is 6.78. The number of Topliss-reactive ketones (excluding diaryl/α,β-unsaturated/α-hetero) is 1. The second-order valence-electron chi connectivity index (χ2n) is 5.25. The topological polar surface area (TPSA) is 37.3 Å². The highest BCUT2D eigenvalue weighted by atomic mass is 19.4. The van der Waals surface area contributed by atoms with Crippen LogP contribution in [-0.4, -0.2) is 10.9 Å². The van der Waals surface area contributed by atoms with E-state index in [-0.39, 0.29) is 5.56 Å². The normalized spacial score (nSPS) is 16.2. The molecule has 0 spiro atoms. The first-order valence-electron chi connectivity index (χ1n) is 6.78. The Morgan fingerprint density at radius 3 is 2.30 bits per heavy atom. The van der Waals surface area contributed by atoms with E-state index in [1.807, 2.05) is 0 Å². The zero-order valence-electron chi connectivity index (χ0n) is 11.3. The molecule has 0 atom stereocenters. The number of alkyl halides is 3. The number of aryl methyl sites for hydroxylation is 1. The number of hydrogen-bond acceptors (Lipinski definition) is 2. The molecule has 2 rings (SSSR count). The third-order valence-electron chi connectivity index (χ3n) is 3.76. The molecule has 20 heavy (non-hydrogen) atoms. The minimum absolute atomic E-state index is 0.195. The van der Waals surface area contributed by atoms with Gasteiger partial charge in [0.25, 0.3) is 0 Å². The molecule has 0 bridgehead atoms. The fourth-order valence-corrected chi connectivity index (χ4v) is 2.91. The van der Waals surface area contributed by atoms with Gasteiger partial charge in [-0.2, -0.15) is 13.2 Å². The molecule has 0 radical (unpaired) electrons. The molecule has 1 aliphatic rings. The molecule has 0 amide bonds. The molecule has 1 aromatic carbocycles. The Morgan fingerprint density at radius 2 is 1.75 bits per heavy atom. The van der Waals surface area contributed by atoms with E-state index in [2.05, 4.69) is 0 Å². The van der Waals surface area contributed by atoms with Crippen molar-refractivity contribution in [3.63, 3.8) is 0 Å². The molecule has 1 aliphatic carbocycles. The van der Waals surface area contributed by atoms with Gasteiger partial charge in [-0.25, -0.2) is 0 Å². The number of benzene rings is 1. The molecule has 0 heterocycles. The SMILES string of the molecule is CC(=O)c1c(O)cc2c(c1C(F)(F)F)CCCCCC2. The minimum Gasteiger partial charge on any atom is -0.507 e. The number of hydrogen-bond donors (Lipinski definition) is 1. The molecular weight excluding hydrogens is 269 g/mol. The number of phenolic OH excluding ortho intramolecular Hbond substituents is 1. The van der Waals surface area contributed by atoms with Crippen LogP contribution in [0.1, 0.15) is 59.7 Å². The molecule has 0 fully saturated rings. The number of phenols is 1. The van der Waals surface area contributed by atoms with E-state index in [1.54, 1.807) is 0 Å². The maximum atomic E-state index is 13.3. The van der Waals surface area contributed by atoms with Crippen molar-refractivity contribution in [2.45, 2.75) is 51.6 Å². The Balaban J connectivity index is 2.73. The summed E-state index contributed by atoms with van der Waals surface area (Å²) in [7, 11) is 0. The zero-order valence-corrected chi connectivity index (χ0v) is 11.3. The quantitative estimate of drug-likeness (QED) is 0.783. The van der Waals surface area contributed by atoms with Crippen molar-refractivity contribution in [1.29, 1.82) is 0 Å². The maximum absolute atomic E-state index is 13.3. The van der Waals surface area contributed by atoms with Gasteiger partial charge >= 0.3 is 6.18 Å². The van der Waals surface area contributed by atoms with E-state index in [4.69, 9.17) is 0 Å². The van der Waals surface area contributed by atoms with Gasteiger partial charge in [0.05, 0.1) is 11.1 Å². The number of fused-ring (bicyclic) bond motifs is 1. The van der Waals surface area contributed by atoms with Crippen molar-refractivity contribution in [2.75, 3.05) is 0 Å². The largest absolute Gasteiger partial charge is 0.507 e. The molecule has 0 aliphatic heterocycles. The third kappa shape index (κ3) is 2.81. The van der Waals surface area contributed by atoms with Gasteiger partial charge in [0.1, 0.15) is 5.75 Å². The van der Waals surface area contributed by atoms with Gasteiger partial charge in [-0.3, -0.25) is 4.79 Å². The highest BCUT2D eigenvalue weighted by molar-refractivity contribution is 5.99. The van der Waals surface area contributed by atoms with Gasteiger partial charge < -0.3 is 5.11 Å². The summed E-state index contributed by atoms with van der Waals surface area (Å²) in [5, 5.41) is 9.82. The van der Waals surface area contributed by atoms with Crippen molar-refractivity contribution in [3.05, 3.63) is 28.3 Å². The molecule has 5 heteroatoms. The van der Waals surface area contributed by atoms with Crippen LogP contribution in [0.15, 0.2) is 6.07 Å². The lowest BCUT2D eigenvalue weighted by Gasteiger charge is -2.22. The molecule has 0 saturated heterocycles. The van der Waals surface area contributed by atoms with Crippen molar-refractivity contribution in [2.24, 2.45) is 0 Å². The smallest absolute Gasteiger partial charge is 0.417 e. The van der Waals surface area contributed by atoms with Crippen LogP contribution in [0.3, 0.4) is 0 Å². The third-order valence-corrected chi connectivity index (χ3v) is 3.76. The van der Waals surface area contributed by atoms with E-state index in [9.17, 15) is 23.1 Å². The summed E-state index contributed by atoms with van der Waals surface area (Å²) in [5.41, 5.74) is -0.793. The summed E-state index contributed by atoms with van der Waals surface area (Å²) in [6.07, 6.45) is -0.428. The monoisotopic (exact) mass is 286 g/mol. The fraction of sp³-hybridized carbons (Fsp3) is 0.533. The van der Waals surface area contributed by atoms with Crippen LogP contribution in [0.2, 0.25) is 0 Å². The predicted molar refractivity (Wildman–Crippen MR) is 69.0 cm³/mol. The molecule has 0 unspecified atom stereocenters. The van der Waals surface area contributed by atoms with Crippen molar-refractivity contribution >= 4 is 5.78 Å². The number of rotatable bonds is 1. The Kier molecular flexibility index (Phi) is 4.06. The Hall–Kier alpha value is -1.52. The molecule has 2 nitrogen and oxygen atoms in total. The van der Waals surface area contributed by atoms with Gasteiger partial charge in [-0.15, -0.1) is 0 Å². The lowest BCUT2D eigenvalue weighted by molar-refractivity contribution is -0.138. The van der Waals surface area contributed by atoms with Crippen molar-refractivity contribution in [3.8, 4) is 5.75 Å². The minimum atomic E-state index is -4.62. The second-order valence-corrected chi connectivity index (χ2v) is 5.25. The number of aromatic hydroxyl groups is 1. The summed E-state index contributed by atoms with van der Waals surface area (Å²) >= 11 is 0. The van der Waals surface area contributed by atoms with E-state index in [1.165, 1.54) is 6.07 Å². The Bertz CT molecular complexity index is 533. The van der Waals surface area contributed by atoms with Crippen LogP contribution < -0.4 is 0 Å². The predicted octanol–water partition coefficient (Wildman–Crippen LogP) is 4.27. The molecule has 0 aromatic heterocycles. The van der Waals surface area contributed by atoms with Crippen molar-refractivity contribution in [1.82, 2.24) is 0 Å². The van der Waals surface area contributed by atoms with Gasteiger partial charge in [-0.1, -0.05) is 12.8 Å². The van der Waals surface area contributed by atoms with Crippen LogP contribution in [0.25, 0.3) is 0 Å². The summed E-state index contributed by atoms with van der Waals surface area (Å²) in [5.74, 6) is -1.30. The highest BCUT2D eigenvalue weighted by Crippen LogP contribution is 2.41. The summed E-state index contributed by atoms with van der Waals surface area (Å²) in [4.78, 5) is 11.5. The second kappa shape index (κ2) is 5.46. The van der Waals surface area contributed by atoms with E-state index < -0.39 is 28.8 Å². The first-order chi connectivity index (χ1) is 9.32. The maximum Gasteiger partial charge on any atom is 0.417 e. The molecule has 110 valence electrons. The van der Waals surface area contributed by atoms with E-state index in [0.717, 1.165) is 26.2 Å². The van der Waals surface area contributed by atoms with Crippen LogP contribution in [0.5, 0.6) is 5.75 Å². The number of carbonyl (C=O) groups excluding carboxylic acids is 1. The van der Waals surface area contributed by atoms with Gasteiger partial charge in [0, 0.05) is 0 Å². The zero-order chi connectivity index (χ0) is 14.9. The van der Waals surface area contributed by atoms with Gasteiger partial charge in [-0.05, 0) is 49.8 Å². The Labute approximate surface area is 115 Å². The highest BCUT2D eigenvalue weighted by Gasteiger charge is 2.39. The van der Waals surface area contributed by atoms with Crippen LogP contribution in [-0.2, 0) is 19.0 Å². The average molecular weight is 286 g/mol. The summed E-state index contributed by atoms with van der Waals surface area (Å²) < 4.78 is 40.0. The standard InChI is InChI=1S/C15H17F3O2/c1-9(19)13-12(20)8-10-6-4-2-3-5-7-11(10)14(13)15(16,17)18/h8,20H,2-7H2,1H3. The number of carbonyl (C=O) groups is 1. The van der Waals surface area contributed by atoms with Gasteiger partial charge in [0.15, 0.2) is 5.78 Å². The van der Waals surface area contributed by atoms with Crippen LogP contribution >= 0.6 is 0 Å². The molecule has 1 aromatic rings. The lowest BCUT2D eigenvalue weighted by Crippen LogP contribution is -2.18. The van der Waals surface area contributed by atoms with Crippen LogP contribution in [0.4, 0.5) is 13.2 Å².